The second-order valence-electron chi connectivity index (χ2n) is 8.78. The maximum atomic E-state index is 11.7. The zero-order valence-electron chi connectivity index (χ0n) is 16.6. The lowest BCUT2D eigenvalue weighted by atomic mass is 9.87. The monoisotopic (exact) mass is 527 g/mol. The minimum Gasteiger partial charge on any atom is -0.381 e. The van der Waals surface area contributed by atoms with Crippen LogP contribution in [0.3, 0.4) is 0 Å². The maximum absolute atomic E-state index is 11.7. The Morgan fingerprint density at radius 2 is 2.11 bits per heavy atom. The normalized spacial score (nSPS) is 35.3. The van der Waals surface area contributed by atoms with Crippen LogP contribution >= 0.6 is 24.0 Å². The molecule has 0 bridgehead atoms. The van der Waals surface area contributed by atoms with E-state index in [0.29, 0.717) is 12.3 Å². The zero-order valence-corrected chi connectivity index (χ0v) is 19.8. The van der Waals surface area contributed by atoms with E-state index in [4.69, 9.17) is 14.5 Å². The Morgan fingerprint density at radius 3 is 2.79 bits per heavy atom. The zero-order chi connectivity index (χ0) is 18.7. The molecule has 1 spiro atoms. The highest BCUT2D eigenvalue weighted by Crippen LogP contribution is 2.38. The molecule has 0 radical (unpaired) electrons. The van der Waals surface area contributed by atoms with Gasteiger partial charge in [0.2, 0.25) is 0 Å². The molecule has 0 amide bonds. The third-order valence-electron chi connectivity index (χ3n) is 6.51. The van der Waals surface area contributed by atoms with Crippen molar-refractivity contribution in [1.82, 2.24) is 10.2 Å². The van der Waals surface area contributed by atoms with Gasteiger partial charge in [-0.2, -0.15) is 0 Å². The Bertz CT molecular complexity index is 646. The highest BCUT2D eigenvalue weighted by Gasteiger charge is 2.42. The van der Waals surface area contributed by atoms with Gasteiger partial charge in [-0.15, -0.1) is 24.0 Å². The van der Waals surface area contributed by atoms with Crippen LogP contribution in [-0.2, 0) is 19.3 Å². The molecule has 1 N–H and O–H groups in total. The molecule has 9 heteroatoms. The van der Waals surface area contributed by atoms with Crippen molar-refractivity contribution in [3.63, 3.8) is 0 Å². The molecule has 4 aliphatic heterocycles. The van der Waals surface area contributed by atoms with Crippen molar-refractivity contribution in [3.8, 4) is 0 Å². The molecule has 7 nitrogen and oxygen atoms in total. The van der Waals surface area contributed by atoms with Gasteiger partial charge in [0.05, 0.1) is 24.2 Å². The van der Waals surface area contributed by atoms with Crippen molar-refractivity contribution in [3.05, 3.63) is 0 Å². The fourth-order valence-corrected chi connectivity index (χ4v) is 6.61. The third-order valence-corrected chi connectivity index (χ3v) is 8.35. The molecular weight excluding hydrogens is 493 g/mol. The Kier molecular flexibility index (Phi) is 7.88. The van der Waals surface area contributed by atoms with Gasteiger partial charge in [0.15, 0.2) is 15.8 Å². The summed E-state index contributed by atoms with van der Waals surface area (Å²) in [6.07, 6.45) is 6.74. The summed E-state index contributed by atoms with van der Waals surface area (Å²) in [6.45, 7) is 5.90. The fraction of sp³-hybridized carbons (Fsp3) is 0.947. The van der Waals surface area contributed by atoms with Gasteiger partial charge in [0.25, 0.3) is 0 Å². The van der Waals surface area contributed by atoms with Gasteiger partial charge < -0.3 is 19.7 Å². The molecule has 4 fully saturated rings. The van der Waals surface area contributed by atoms with Crippen LogP contribution in [0.4, 0.5) is 0 Å². The molecule has 162 valence electrons. The SMILES string of the molecule is I.O=S1(=O)CCC(CN=C(NCC2CCCCO2)N2CCC3(CCOC3)C2)C1. The minimum absolute atomic E-state index is 0. The van der Waals surface area contributed by atoms with Crippen molar-refractivity contribution in [2.24, 2.45) is 16.3 Å². The van der Waals surface area contributed by atoms with Crippen molar-refractivity contribution in [2.75, 3.05) is 57.5 Å². The molecule has 0 aromatic heterocycles. The lowest BCUT2D eigenvalue weighted by Gasteiger charge is -2.28. The second-order valence-corrected chi connectivity index (χ2v) is 11.0. The summed E-state index contributed by atoms with van der Waals surface area (Å²) in [4.78, 5) is 7.21. The first-order chi connectivity index (χ1) is 13.0. The molecule has 0 saturated carbocycles. The van der Waals surface area contributed by atoms with Gasteiger partial charge >= 0.3 is 0 Å². The van der Waals surface area contributed by atoms with Gasteiger partial charge in [0, 0.05) is 44.8 Å². The van der Waals surface area contributed by atoms with Crippen LogP contribution in [-0.4, -0.2) is 82.9 Å². The van der Waals surface area contributed by atoms with E-state index in [-0.39, 0.29) is 47.2 Å². The number of guanidine groups is 1. The fourth-order valence-electron chi connectivity index (χ4n) is 4.76. The van der Waals surface area contributed by atoms with Crippen LogP contribution in [0, 0.1) is 11.3 Å². The van der Waals surface area contributed by atoms with Gasteiger partial charge in [-0.3, -0.25) is 4.99 Å². The largest absolute Gasteiger partial charge is 0.381 e. The highest BCUT2D eigenvalue weighted by molar-refractivity contribution is 14.0. The van der Waals surface area contributed by atoms with Gasteiger partial charge in [-0.25, -0.2) is 8.42 Å². The van der Waals surface area contributed by atoms with E-state index in [1.54, 1.807) is 0 Å². The van der Waals surface area contributed by atoms with Crippen molar-refractivity contribution < 1.29 is 17.9 Å². The number of sulfone groups is 1. The van der Waals surface area contributed by atoms with Gasteiger partial charge in [-0.05, 0) is 44.4 Å². The Morgan fingerprint density at radius 1 is 1.21 bits per heavy atom. The standard InChI is InChI=1S/C19H33N3O4S.HI/c23-27(24)10-4-16(13-27)11-20-18(21-12-17-3-1-2-8-26-17)22-7-5-19(14-22)6-9-25-15-19;/h16-17H,1-15H2,(H,20,21);1H. The molecule has 3 atom stereocenters. The number of nitrogens with one attached hydrogen (secondary N) is 1. The van der Waals surface area contributed by atoms with Crippen LogP contribution in [0.1, 0.15) is 38.5 Å². The smallest absolute Gasteiger partial charge is 0.194 e. The number of nitrogens with zero attached hydrogens (tertiary/aromatic N) is 2. The molecule has 4 rings (SSSR count). The molecule has 4 aliphatic rings. The topological polar surface area (TPSA) is 80.2 Å². The van der Waals surface area contributed by atoms with Crippen LogP contribution in [0.5, 0.6) is 0 Å². The molecule has 0 aromatic rings. The summed E-state index contributed by atoms with van der Waals surface area (Å²) in [5.41, 5.74) is 0.278. The number of ether oxygens (including phenoxy) is 2. The van der Waals surface area contributed by atoms with E-state index >= 15 is 0 Å². The first-order valence-corrected chi connectivity index (χ1v) is 12.3. The lowest BCUT2D eigenvalue weighted by Crippen LogP contribution is -2.45. The van der Waals surface area contributed by atoms with Crippen LogP contribution in [0.25, 0.3) is 0 Å². The summed E-state index contributed by atoms with van der Waals surface area (Å²) in [7, 11) is -2.85. The van der Waals surface area contributed by atoms with E-state index in [9.17, 15) is 8.42 Å². The minimum atomic E-state index is -2.85. The Labute approximate surface area is 185 Å². The summed E-state index contributed by atoms with van der Waals surface area (Å²) in [6, 6.07) is 0. The molecule has 0 aliphatic carbocycles. The summed E-state index contributed by atoms with van der Waals surface area (Å²) < 4.78 is 35.0. The van der Waals surface area contributed by atoms with E-state index in [1.807, 2.05) is 0 Å². The Hall–Kier alpha value is -0.130. The highest BCUT2D eigenvalue weighted by atomic mass is 127. The number of hydrogen-bond donors (Lipinski definition) is 1. The number of rotatable bonds is 4. The number of aliphatic imine (C=N–C) groups is 1. The average Bonchev–Trinajstić information content (AvgIpc) is 3.38. The summed E-state index contributed by atoms with van der Waals surface area (Å²) in [5, 5.41) is 3.54. The van der Waals surface area contributed by atoms with E-state index in [1.165, 1.54) is 6.42 Å². The summed E-state index contributed by atoms with van der Waals surface area (Å²) >= 11 is 0. The third kappa shape index (κ3) is 5.72. The number of likely N-dealkylation sites (tertiary alicyclic amines) is 1. The number of halogens is 1. The molecule has 4 heterocycles. The lowest BCUT2D eigenvalue weighted by molar-refractivity contribution is 0.0191. The van der Waals surface area contributed by atoms with Crippen molar-refractivity contribution in [1.29, 1.82) is 0 Å². The predicted molar refractivity (Wildman–Crippen MR) is 120 cm³/mol. The van der Waals surface area contributed by atoms with Crippen molar-refractivity contribution in [2.45, 2.75) is 44.6 Å². The molecule has 28 heavy (non-hydrogen) atoms. The average molecular weight is 527 g/mol. The van der Waals surface area contributed by atoms with E-state index < -0.39 is 9.84 Å². The first-order valence-electron chi connectivity index (χ1n) is 10.5. The van der Waals surface area contributed by atoms with Gasteiger partial charge in [0.1, 0.15) is 0 Å². The molecular formula is C19H34IN3O4S. The molecule has 3 unspecified atom stereocenters. The van der Waals surface area contributed by atoms with Gasteiger partial charge in [-0.1, -0.05) is 0 Å². The predicted octanol–water partition coefficient (Wildman–Crippen LogP) is 1.67. The quantitative estimate of drug-likeness (QED) is 0.341. The van der Waals surface area contributed by atoms with Crippen molar-refractivity contribution >= 4 is 39.8 Å². The summed E-state index contributed by atoms with van der Waals surface area (Å²) in [5.74, 6) is 1.69. The first kappa shape index (κ1) is 22.6. The van der Waals surface area contributed by atoms with Crippen LogP contribution < -0.4 is 5.32 Å². The van der Waals surface area contributed by atoms with Crippen LogP contribution in [0.2, 0.25) is 0 Å². The van der Waals surface area contributed by atoms with Crippen LogP contribution in [0.15, 0.2) is 4.99 Å². The molecule has 4 saturated heterocycles. The van der Waals surface area contributed by atoms with E-state index in [2.05, 4.69) is 10.2 Å². The van der Waals surface area contributed by atoms with E-state index in [0.717, 1.165) is 77.5 Å². The maximum Gasteiger partial charge on any atom is 0.194 e. The number of hydrogen-bond acceptors (Lipinski definition) is 5. The second kappa shape index (κ2) is 9.78. The Balaban J connectivity index is 0.00000225. The molecule has 0 aromatic carbocycles.